The van der Waals surface area contributed by atoms with Crippen molar-refractivity contribution in [3.05, 3.63) is 60.0 Å². The summed E-state index contributed by atoms with van der Waals surface area (Å²) >= 11 is 0. The van der Waals surface area contributed by atoms with Crippen LogP contribution in [0.5, 0.6) is 5.75 Å². The van der Waals surface area contributed by atoms with Crippen molar-refractivity contribution in [2.75, 3.05) is 13.7 Å². The van der Waals surface area contributed by atoms with Gasteiger partial charge in [-0.3, -0.25) is 4.79 Å². The Morgan fingerprint density at radius 1 is 1.19 bits per heavy atom. The number of likely N-dealkylation sites (tertiary alicyclic amines) is 1. The smallest absolute Gasteiger partial charge is 0.227 e. The zero-order chi connectivity index (χ0) is 17.9. The molecular weight excluding hydrogens is 328 g/mol. The van der Waals surface area contributed by atoms with E-state index in [-0.39, 0.29) is 11.9 Å². The number of rotatable bonds is 4. The molecular formula is C20H22N4O2. The summed E-state index contributed by atoms with van der Waals surface area (Å²) in [5, 5.41) is 4.19. The van der Waals surface area contributed by atoms with E-state index in [0.717, 1.165) is 48.5 Å². The lowest BCUT2D eigenvalue weighted by Crippen LogP contribution is -2.39. The molecule has 3 aromatic rings. The molecule has 134 valence electrons. The predicted molar refractivity (Wildman–Crippen MR) is 98.0 cm³/mol. The second-order valence-electron chi connectivity index (χ2n) is 6.61. The molecule has 1 aromatic carbocycles. The number of hydrogen-bond donors (Lipinski definition) is 0. The van der Waals surface area contributed by atoms with Crippen LogP contribution in [0.3, 0.4) is 0 Å². The Labute approximate surface area is 152 Å². The highest BCUT2D eigenvalue weighted by Gasteiger charge is 2.29. The Kier molecular flexibility index (Phi) is 4.56. The highest BCUT2D eigenvalue weighted by atomic mass is 16.5. The number of hydrogen-bond acceptors (Lipinski definition) is 4. The molecule has 6 nitrogen and oxygen atoms in total. The molecule has 3 heterocycles. The summed E-state index contributed by atoms with van der Waals surface area (Å²) in [5.74, 6) is 0.949. The third-order valence-corrected chi connectivity index (χ3v) is 4.96. The molecule has 0 bridgehead atoms. The van der Waals surface area contributed by atoms with Gasteiger partial charge in [-0.15, -0.1) is 0 Å². The molecule has 0 unspecified atom stereocenters. The van der Waals surface area contributed by atoms with Crippen LogP contribution < -0.4 is 4.74 Å². The van der Waals surface area contributed by atoms with Crippen molar-refractivity contribution >= 4 is 11.6 Å². The number of piperidine rings is 1. The van der Waals surface area contributed by atoms with E-state index in [1.165, 1.54) is 0 Å². The first-order chi connectivity index (χ1) is 12.7. The lowest BCUT2D eigenvalue weighted by Gasteiger charge is -2.35. The zero-order valence-electron chi connectivity index (χ0n) is 14.8. The van der Waals surface area contributed by atoms with Crippen molar-refractivity contribution < 1.29 is 9.53 Å². The predicted octanol–water partition coefficient (Wildman–Crippen LogP) is 3.03. The van der Waals surface area contributed by atoms with Crippen molar-refractivity contribution in [2.24, 2.45) is 0 Å². The molecule has 6 heteroatoms. The molecule has 26 heavy (non-hydrogen) atoms. The maximum Gasteiger partial charge on any atom is 0.227 e. The van der Waals surface area contributed by atoms with Gasteiger partial charge in [0.25, 0.3) is 0 Å². The van der Waals surface area contributed by atoms with E-state index < -0.39 is 0 Å². The summed E-state index contributed by atoms with van der Waals surface area (Å²) in [6.45, 7) is 0.784. The number of methoxy groups -OCH3 is 1. The van der Waals surface area contributed by atoms with Crippen LogP contribution in [-0.2, 0) is 11.2 Å². The van der Waals surface area contributed by atoms with Gasteiger partial charge in [0.1, 0.15) is 5.75 Å². The van der Waals surface area contributed by atoms with Crippen molar-refractivity contribution in [1.29, 1.82) is 0 Å². The summed E-state index contributed by atoms with van der Waals surface area (Å²) in [4.78, 5) is 19.7. The lowest BCUT2D eigenvalue weighted by molar-refractivity contribution is -0.134. The summed E-state index contributed by atoms with van der Waals surface area (Å²) < 4.78 is 6.93. The number of aromatic nitrogens is 3. The highest BCUT2D eigenvalue weighted by molar-refractivity contribution is 5.79. The Balaban J connectivity index is 1.54. The second kappa shape index (κ2) is 7.15. The van der Waals surface area contributed by atoms with E-state index in [9.17, 15) is 4.79 Å². The number of carbonyl (C=O) groups is 1. The van der Waals surface area contributed by atoms with E-state index in [4.69, 9.17) is 9.72 Å². The van der Waals surface area contributed by atoms with E-state index in [2.05, 4.69) is 5.10 Å². The van der Waals surface area contributed by atoms with Crippen LogP contribution >= 0.6 is 0 Å². The molecule has 1 aliphatic rings. The van der Waals surface area contributed by atoms with Gasteiger partial charge in [0, 0.05) is 18.8 Å². The van der Waals surface area contributed by atoms with Crippen LogP contribution in [0.4, 0.5) is 0 Å². The Morgan fingerprint density at radius 2 is 2.04 bits per heavy atom. The third-order valence-electron chi connectivity index (χ3n) is 4.96. The normalized spacial score (nSPS) is 17.4. The molecule has 4 rings (SSSR count). The van der Waals surface area contributed by atoms with E-state index in [0.29, 0.717) is 6.42 Å². The molecule has 0 N–H and O–H groups in total. The first-order valence-electron chi connectivity index (χ1n) is 8.97. The number of ether oxygens (including phenoxy) is 1. The van der Waals surface area contributed by atoms with Crippen LogP contribution in [0, 0.1) is 0 Å². The van der Waals surface area contributed by atoms with Gasteiger partial charge in [0.15, 0.2) is 5.65 Å². The molecule has 1 fully saturated rings. The minimum atomic E-state index is 0.0365. The number of nitrogens with zero attached hydrogens (tertiary/aromatic N) is 4. The van der Waals surface area contributed by atoms with Gasteiger partial charge in [0.2, 0.25) is 5.91 Å². The zero-order valence-corrected chi connectivity index (χ0v) is 14.8. The maximum atomic E-state index is 13.0. The quantitative estimate of drug-likeness (QED) is 0.726. The van der Waals surface area contributed by atoms with Crippen molar-refractivity contribution in [1.82, 2.24) is 19.5 Å². The molecule has 0 spiro atoms. The molecule has 0 aliphatic carbocycles. The lowest BCUT2D eigenvalue weighted by atomic mass is 9.98. The van der Waals surface area contributed by atoms with Crippen molar-refractivity contribution in [2.45, 2.75) is 31.7 Å². The van der Waals surface area contributed by atoms with Gasteiger partial charge in [0.05, 0.1) is 31.5 Å². The Bertz CT molecular complexity index is 904. The van der Waals surface area contributed by atoms with Gasteiger partial charge in [-0.25, -0.2) is 9.50 Å². The summed E-state index contributed by atoms with van der Waals surface area (Å²) in [6, 6.07) is 11.6. The Morgan fingerprint density at radius 3 is 2.85 bits per heavy atom. The van der Waals surface area contributed by atoms with E-state index in [1.807, 2.05) is 47.5 Å². The third kappa shape index (κ3) is 3.27. The standard InChI is InChI=1S/C20H22N4O2/c1-26-16-7-5-15(6-8-16)14-20(25)23-12-3-2-4-18(23)17-10-13-24-19(22-17)9-11-21-24/h5-11,13,18H,2-4,12,14H2,1H3/t18-/m0/s1. The first-order valence-corrected chi connectivity index (χ1v) is 8.97. The first kappa shape index (κ1) is 16.6. The molecule has 1 saturated heterocycles. The topological polar surface area (TPSA) is 59.7 Å². The summed E-state index contributed by atoms with van der Waals surface area (Å²) in [6.07, 6.45) is 7.15. The van der Waals surface area contributed by atoms with Gasteiger partial charge in [-0.1, -0.05) is 12.1 Å². The monoisotopic (exact) mass is 350 g/mol. The van der Waals surface area contributed by atoms with Gasteiger partial charge in [-0.05, 0) is 43.0 Å². The average Bonchev–Trinajstić information content (AvgIpc) is 3.16. The second-order valence-corrected chi connectivity index (χ2v) is 6.61. The largest absolute Gasteiger partial charge is 0.497 e. The fraction of sp³-hybridized carbons (Fsp3) is 0.350. The molecule has 1 amide bonds. The number of fused-ring (bicyclic) bond motifs is 1. The number of benzene rings is 1. The van der Waals surface area contributed by atoms with Crippen LogP contribution in [0.25, 0.3) is 5.65 Å². The van der Waals surface area contributed by atoms with Gasteiger partial charge in [-0.2, -0.15) is 5.10 Å². The van der Waals surface area contributed by atoms with Gasteiger partial charge < -0.3 is 9.64 Å². The average molecular weight is 350 g/mol. The van der Waals surface area contributed by atoms with Crippen LogP contribution in [0.1, 0.15) is 36.6 Å². The van der Waals surface area contributed by atoms with Crippen LogP contribution in [-0.4, -0.2) is 39.1 Å². The van der Waals surface area contributed by atoms with E-state index in [1.54, 1.807) is 17.8 Å². The molecule has 2 aromatic heterocycles. The molecule has 0 radical (unpaired) electrons. The van der Waals surface area contributed by atoms with Gasteiger partial charge >= 0.3 is 0 Å². The van der Waals surface area contributed by atoms with Crippen molar-refractivity contribution in [3.63, 3.8) is 0 Å². The summed E-state index contributed by atoms with van der Waals surface area (Å²) in [7, 11) is 1.64. The number of amides is 1. The molecule has 0 saturated carbocycles. The Hall–Kier alpha value is -2.89. The molecule has 1 aliphatic heterocycles. The number of carbonyl (C=O) groups excluding carboxylic acids is 1. The van der Waals surface area contributed by atoms with Crippen molar-refractivity contribution in [3.8, 4) is 5.75 Å². The fourth-order valence-electron chi connectivity index (χ4n) is 3.57. The fourth-order valence-corrected chi connectivity index (χ4v) is 3.57. The molecule has 1 atom stereocenters. The summed E-state index contributed by atoms with van der Waals surface area (Å²) in [5.41, 5.74) is 2.76. The minimum absolute atomic E-state index is 0.0365. The minimum Gasteiger partial charge on any atom is -0.497 e. The SMILES string of the molecule is COc1ccc(CC(=O)N2CCCC[C@H]2c2ccn3nccc3n2)cc1. The highest BCUT2D eigenvalue weighted by Crippen LogP contribution is 2.30. The van der Waals surface area contributed by atoms with Crippen LogP contribution in [0.2, 0.25) is 0 Å². The van der Waals surface area contributed by atoms with Crippen LogP contribution in [0.15, 0.2) is 48.8 Å². The van der Waals surface area contributed by atoms with E-state index >= 15 is 0 Å². The maximum absolute atomic E-state index is 13.0.